The first-order chi connectivity index (χ1) is 19.6. The molecule has 0 saturated carbocycles. The number of alkyl halides is 3. The van der Waals surface area contributed by atoms with Gasteiger partial charge in [-0.2, -0.15) is 0 Å². The van der Waals surface area contributed by atoms with Crippen LogP contribution >= 0.6 is 0 Å². The summed E-state index contributed by atoms with van der Waals surface area (Å²) in [5, 5.41) is 49.3. The van der Waals surface area contributed by atoms with Gasteiger partial charge in [0.05, 0.1) is 29.2 Å². The van der Waals surface area contributed by atoms with Crippen molar-refractivity contribution in [3.8, 4) is 17.4 Å². The van der Waals surface area contributed by atoms with Gasteiger partial charge >= 0.3 is 12.0 Å². The fourth-order valence-electron chi connectivity index (χ4n) is 6.22. The minimum atomic E-state index is -5.29. The maximum atomic E-state index is 13.9. The number of hydrogen-bond acceptors (Lipinski definition) is 12. The Hall–Kier alpha value is -4.18. The first kappa shape index (κ1) is 29.3. The zero-order chi connectivity index (χ0) is 30.9. The third-order valence-electron chi connectivity index (χ3n) is 7.99. The van der Waals surface area contributed by atoms with E-state index in [4.69, 9.17) is 9.26 Å². The van der Waals surface area contributed by atoms with Gasteiger partial charge in [0.25, 0.3) is 5.88 Å². The molecule has 2 aromatic rings. The van der Waals surface area contributed by atoms with Crippen LogP contribution in [0.4, 0.5) is 18.9 Å². The molecule has 1 heterocycles. The number of rotatable bonds is 7. The number of Topliss-reactive ketones (excluding diaryl/α,β-unsaturated/α-hetero) is 2. The van der Waals surface area contributed by atoms with E-state index in [-0.39, 0.29) is 30.2 Å². The molecule has 16 heteroatoms. The summed E-state index contributed by atoms with van der Waals surface area (Å²) in [6, 6.07) is -0.536. The molecule has 42 heavy (non-hydrogen) atoms. The Morgan fingerprint density at radius 3 is 2.55 bits per heavy atom. The number of nitrogens with zero attached hydrogens (tertiary/aromatic N) is 3. The zero-order valence-corrected chi connectivity index (χ0v) is 22.5. The minimum Gasteiger partial charge on any atom is -0.508 e. The van der Waals surface area contributed by atoms with Crippen LogP contribution in [0.1, 0.15) is 64.3 Å². The molecule has 4 atom stereocenters. The van der Waals surface area contributed by atoms with E-state index in [1.807, 2.05) is 6.92 Å². The van der Waals surface area contributed by atoms with E-state index in [0.717, 1.165) is 6.42 Å². The standard InChI is InChI=1S/C26H26F3N3O10/c1-4-5-6-40-24-17-21(42-30-24)18(31(2)3)12-8-10-7-11-14(41-26(27,28)29)9-13(32(38)39)19(33)16(11)20(34)15(10)22(35)25(12,37)23(17)36/h9-10,12,18,33,35,37H,4-8H2,1-3H3/t10-,12-,18-,25-/m0/s1. The topological polar surface area (TPSA) is 186 Å². The molecule has 0 saturated heterocycles. The van der Waals surface area contributed by atoms with Crippen LogP contribution in [0.2, 0.25) is 0 Å². The quantitative estimate of drug-likeness (QED) is 0.239. The van der Waals surface area contributed by atoms with Crippen molar-refractivity contribution in [1.82, 2.24) is 10.1 Å². The number of phenolic OH excluding ortho intramolecular Hbond substituents is 1. The number of hydrogen-bond donors (Lipinski definition) is 3. The average Bonchev–Trinajstić information content (AvgIpc) is 3.30. The van der Waals surface area contributed by atoms with Crippen LogP contribution in [-0.2, 0) is 6.42 Å². The summed E-state index contributed by atoms with van der Waals surface area (Å²) in [6.45, 7) is 2.08. The highest BCUT2D eigenvalue weighted by molar-refractivity contribution is 6.16. The number of allylic oxidation sites excluding steroid dienone is 1. The Labute approximate surface area is 235 Å². The predicted octanol–water partition coefficient (Wildman–Crippen LogP) is 3.78. The van der Waals surface area contributed by atoms with E-state index in [9.17, 15) is 48.2 Å². The van der Waals surface area contributed by atoms with Crippen molar-refractivity contribution in [1.29, 1.82) is 0 Å². The van der Waals surface area contributed by atoms with Crippen LogP contribution in [0, 0.1) is 22.0 Å². The van der Waals surface area contributed by atoms with Gasteiger partial charge in [0.2, 0.25) is 11.5 Å². The van der Waals surface area contributed by atoms with Crippen LogP contribution in [-0.4, -0.2) is 74.5 Å². The number of phenols is 1. The summed E-state index contributed by atoms with van der Waals surface area (Å²) >= 11 is 0. The molecule has 0 unspecified atom stereocenters. The molecule has 3 N–H and O–H groups in total. The number of halogens is 3. The van der Waals surface area contributed by atoms with Crippen LogP contribution in [0.25, 0.3) is 0 Å². The molecule has 1 aromatic heterocycles. The number of aromatic nitrogens is 1. The number of nitro benzene ring substituents is 1. The molecule has 1 aromatic carbocycles. The lowest BCUT2D eigenvalue weighted by Crippen LogP contribution is -2.59. The van der Waals surface area contributed by atoms with E-state index in [2.05, 4.69) is 9.89 Å². The number of benzene rings is 1. The minimum absolute atomic E-state index is 0.0410. The van der Waals surface area contributed by atoms with Crippen LogP contribution in [0.15, 0.2) is 21.9 Å². The van der Waals surface area contributed by atoms with Crippen molar-refractivity contribution in [3.05, 3.63) is 50.0 Å². The molecular weight excluding hydrogens is 571 g/mol. The SMILES string of the molecule is CCCCOc1noc2c1C(=O)[C@@]1(O)C(O)=C3C(=O)c4c(O)c([N+](=O)[O-])cc(OC(F)(F)F)c4C[C@H]3C[C@H]1[C@@H]2N(C)C. The molecule has 226 valence electrons. The number of carbonyl (C=O) groups excluding carboxylic acids is 2. The monoisotopic (exact) mass is 597 g/mol. The van der Waals surface area contributed by atoms with Gasteiger partial charge < -0.3 is 29.3 Å². The third kappa shape index (κ3) is 4.27. The van der Waals surface area contributed by atoms with Crippen molar-refractivity contribution in [2.45, 2.75) is 50.6 Å². The Morgan fingerprint density at radius 2 is 1.95 bits per heavy atom. The summed E-state index contributed by atoms with van der Waals surface area (Å²) in [6.07, 6.45) is -4.59. The number of aliphatic hydroxyl groups excluding tert-OH is 1. The van der Waals surface area contributed by atoms with Crippen molar-refractivity contribution < 1.29 is 57.0 Å². The lowest BCUT2D eigenvalue weighted by molar-refractivity contribution is -0.386. The van der Waals surface area contributed by atoms with Crippen molar-refractivity contribution in [2.24, 2.45) is 11.8 Å². The van der Waals surface area contributed by atoms with Crippen LogP contribution < -0.4 is 9.47 Å². The fourth-order valence-corrected chi connectivity index (χ4v) is 6.22. The Bertz CT molecular complexity index is 1530. The first-order valence-electron chi connectivity index (χ1n) is 13.0. The highest BCUT2D eigenvalue weighted by Crippen LogP contribution is 2.57. The summed E-state index contributed by atoms with van der Waals surface area (Å²) in [5.74, 6) is -8.17. The van der Waals surface area contributed by atoms with Gasteiger partial charge in [-0.15, -0.1) is 13.2 Å². The second-order valence-corrected chi connectivity index (χ2v) is 10.7. The van der Waals surface area contributed by atoms with Crippen LogP contribution in [0.3, 0.4) is 0 Å². The first-order valence-corrected chi connectivity index (χ1v) is 13.0. The Morgan fingerprint density at radius 1 is 1.26 bits per heavy atom. The number of nitro groups is 1. The molecular formula is C26H26F3N3O10. The Balaban J connectivity index is 1.70. The van der Waals surface area contributed by atoms with Gasteiger partial charge in [-0.05, 0) is 44.4 Å². The largest absolute Gasteiger partial charge is 0.573 e. The number of fused-ring (bicyclic) bond motifs is 4. The number of ketones is 2. The van der Waals surface area contributed by atoms with Crippen molar-refractivity contribution in [2.75, 3.05) is 20.7 Å². The number of carbonyl (C=O) groups is 2. The normalized spacial score (nSPS) is 25.1. The number of aliphatic hydroxyl groups is 2. The molecule has 0 radical (unpaired) electrons. The smallest absolute Gasteiger partial charge is 0.508 e. The molecule has 0 fully saturated rings. The molecule has 5 rings (SSSR count). The summed E-state index contributed by atoms with van der Waals surface area (Å²) < 4.78 is 54.8. The van der Waals surface area contributed by atoms with E-state index in [1.165, 1.54) is 0 Å². The molecule has 0 amide bonds. The second-order valence-electron chi connectivity index (χ2n) is 10.7. The molecule has 3 aliphatic rings. The summed E-state index contributed by atoms with van der Waals surface area (Å²) in [7, 11) is 3.21. The predicted molar refractivity (Wildman–Crippen MR) is 133 cm³/mol. The van der Waals surface area contributed by atoms with E-state index >= 15 is 0 Å². The molecule has 0 aliphatic heterocycles. The molecule has 13 nitrogen and oxygen atoms in total. The second kappa shape index (κ2) is 9.97. The van der Waals surface area contributed by atoms with E-state index < -0.39 is 92.4 Å². The molecule has 0 bridgehead atoms. The fraction of sp³-hybridized carbons (Fsp3) is 0.500. The molecule has 3 aliphatic carbocycles. The van der Waals surface area contributed by atoms with Crippen molar-refractivity contribution >= 4 is 17.3 Å². The third-order valence-corrected chi connectivity index (χ3v) is 7.99. The lowest BCUT2D eigenvalue weighted by atomic mass is 9.58. The van der Waals surface area contributed by atoms with Crippen molar-refractivity contribution in [3.63, 3.8) is 0 Å². The maximum absolute atomic E-state index is 13.9. The van der Waals surface area contributed by atoms with E-state index in [0.29, 0.717) is 12.5 Å². The van der Waals surface area contributed by atoms with Gasteiger partial charge in [0.15, 0.2) is 17.1 Å². The summed E-state index contributed by atoms with van der Waals surface area (Å²) in [4.78, 5) is 39.5. The van der Waals surface area contributed by atoms with Gasteiger partial charge in [0, 0.05) is 17.1 Å². The number of unbranched alkanes of at least 4 members (excludes halogenated alkanes) is 1. The summed E-state index contributed by atoms with van der Waals surface area (Å²) in [5.41, 5.74) is -6.13. The lowest BCUT2D eigenvalue weighted by Gasteiger charge is -2.49. The van der Waals surface area contributed by atoms with Gasteiger partial charge in [-0.1, -0.05) is 13.3 Å². The maximum Gasteiger partial charge on any atom is 0.573 e. The number of aromatic hydroxyl groups is 1. The van der Waals surface area contributed by atoms with Crippen LogP contribution in [0.5, 0.6) is 17.4 Å². The van der Waals surface area contributed by atoms with Gasteiger partial charge in [-0.3, -0.25) is 24.6 Å². The number of ether oxygens (including phenoxy) is 2. The van der Waals surface area contributed by atoms with Gasteiger partial charge in [0.1, 0.15) is 17.1 Å². The Kier molecular flexibility index (Phi) is 6.96. The zero-order valence-electron chi connectivity index (χ0n) is 22.5. The highest BCUT2D eigenvalue weighted by Gasteiger charge is 2.64. The average molecular weight is 597 g/mol. The van der Waals surface area contributed by atoms with Gasteiger partial charge in [-0.25, -0.2) is 0 Å². The molecule has 0 spiro atoms. The highest BCUT2D eigenvalue weighted by atomic mass is 19.4. The van der Waals surface area contributed by atoms with E-state index in [1.54, 1.807) is 19.0 Å².